The number of nitro benzene ring substituents is 1. The van der Waals surface area contributed by atoms with Gasteiger partial charge >= 0.3 is 0 Å². The van der Waals surface area contributed by atoms with E-state index in [-0.39, 0.29) is 5.69 Å². The van der Waals surface area contributed by atoms with Gasteiger partial charge in [0.1, 0.15) is 5.75 Å². The largest absolute Gasteiger partial charge is 0.493 e. The van der Waals surface area contributed by atoms with Crippen molar-refractivity contribution < 1.29 is 9.66 Å². The number of fused-ring (bicyclic) bond motifs is 1. The van der Waals surface area contributed by atoms with E-state index < -0.39 is 4.92 Å². The molecule has 0 aliphatic heterocycles. The summed E-state index contributed by atoms with van der Waals surface area (Å²) in [5.74, 6) is 1.22. The lowest BCUT2D eigenvalue weighted by Crippen LogP contribution is -1.99. The van der Waals surface area contributed by atoms with E-state index >= 15 is 0 Å². The Morgan fingerprint density at radius 1 is 1.32 bits per heavy atom. The molecule has 1 aromatic heterocycles. The topological polar surface area (TPSA) is 65.3 Å². The first-order valence-electron chi connectivity index (χ1n) is 5.95. The summed E-state index contributed by atoms with van der Waals surface area (Å²) in [5, 5.41) is 11.6. The van der Waals surface area contributed by atoms with Gasteiger partial charge in [-0.15, -0.1) is 11.6 Å². The fraction of sp³-hybridized carbons (Fsp3) is 0.308. The van der Waals surface area contributed by atoms with E-state index in [9.17, 15) is 10.1 Å². The molecule has 0 atom stereocenters. The molecule has 1 heterocycles. The van der Waals surface area contributed by atoms with E-state index in [1.54, 1.807) is 18.2 Å². The van der Waals surface area contributed by atoms with E-state index in [1.807, 2.05) is 0 Å². The highest BCUT2D eigenvalue weighted by Gasteiger charge is 2.15. The Hall–Kier alpha value is -1.88. The second-order valence-corrected chi connectivity index (χ2v) is 4.36. The van der Waals surface area contributed by atoms with Crippen molar-refractivity contribution in [1.29, 1.82) is 0 Å². The third kappa shape index (κ3) is 3.12. The summed E-state index contributed by atoms with van der Waals surface area (Å²) in [6, 6.07) is 6.54. The normalized spacial score (nSPS) is 10.6. The molecule has 0 unspecified atom stereocenters. The number of halogens is 1. The quantitative estimate of drug-likeness (QED) is 0.351. The zero-order valence-corrected chi connectivity index (χ0v) is 11.0. The Kier molecular flexibility index (Phi) is 4.52. The number of hydrogen-bond donors (Lipinski definition) is 0. The van der Waals surface area contributed by atoms with Crippen LogP contribution in [0.15, 0.2) is 30.5 Å². The summed E-state index contributed by atoms with van der Waals surface area (Å²) in [4.78, 5) is 14.6. The van der Waals surface area contributed by atoms with Gasteiger partial charge in [-0.3, -0.25) is 10.1 Å². The van der Waals surface area contributed by atoms with Gasteiger partial charge in [0, 0.05) is 23.5 Å². The molecule has 0 radical (unpaired) electrons. The Bertz CT molecular complexity index is 589. The molecule has 2 aromatic rings. The lowest BCUT2D eigenvalue weighted by Gasteiger charge is -2.08. The van der Waals surface area contributed by atoms with Gasteiger partial charge in [0.2, 0.25) is 0 Å². The number of pyridine rings is 1. The van der Waals surface area contributed by atoms with E-state index in [0.29, 0.717) is 29.1 Å². The van der Waals surface area contributed by atoms with Crippen LogP contribution in [-0.2, 0) is 0 Å². The minimum atomic E-state index is -0.438. The third-order valence-electron chi connectivity index (χ3n) is 2.69. The molecule has 6 heteroatoms. The number of nitro groups is 1. The van der Waals surface area contributed by atoms with Crippen LogP contribution < -0.4 is 4.74 Å². The highest BCUT2D eigenvalue weighted by molar-refractivity contribution is 6.17. The molecule has 0 spiro atoms. The fourth-order valence-corrected chi connectivity index (χ4v) is 1.97. The Morgan fingerprint density at radius 3 is 2.89 bits per heavy atom. The second kappa shape index (κ2) is 6.33. The van der Waals surface area contributed by atoms with Crippen molar-refractivity contribution in [3.8, 4) is 5.75 Å². The number of rotatable bonds is 6. The van der Waals surface area contributed by atoms with Crippen molar-refractivity contribution in [2.45, 2.75) is 12.8 Å². The van der Waals surface area contributed by atoms with Gasteiger partial charge in [-0.05, 0) is 31.0 Å². The van der Waals surface area contributed by atoms with Crippen molar-refractivity contribution in [3.05, 3.63) is 40.6 Å². The fourth-order valence-electron chi connectivity index (χ4n) is 1.78. The number of alkyl halides is 1. The average Bonchev–Trinajstić information content (AvgIpc) is 2.43. The zero-order chi connectivity index (χ0) is 13.7. The summed E-state index contributed by atoms with van der Waals surface area (Å²) in [7, 11) is 0. The van der Waals surface area contributed by atoms with E-state index in [2.05, 4.69) is 4.98 Å². The number of benzene rings is 1. The standard InChI is InChI=1S/C13H13ClN2O3/c14-7-1-2-9-19-12-6-5-11(16(17)18)13-10(12)4-3-8-15-13/h3-6,8H,1-2,7,9H2. The molecule has 0 N–H and O–H groups in total. The molecule has 0 saturated heterocycles. The highest BCUT2D eigenvalue weighted by Crippen LogP contribution is 2.31. The smallest absolute Gasteiger partial charge is 0.295 e. The van der Waals surface area contributed by atoms with Crippen molar-refractivity contribution in [1.82, 2.24) is 4.98 Å². The van der Waals surface area contributed by atoms with Gasteiger partial charge in [0.25, 0.3) is 5.69 Å². The first kappa shape index (κ1) is 13.5. The molecular weight excluding hydrogens is 268 g/mol. The van der Waals surface area contributed by atoms with Gasteiger partial charge in [0.05, 0.1) is 11.5 Å². The Balaban J connectivity index is 2.30. The lowest BCUT2D eigenvalue weighted by molar-refractivity contribution is -0.383. The molecular formula is C13H13ClN2O3. The van der Waals surface area contributed by atoms with Gasteiger partial charge < -0.3 is 4.74 Å². The van der Waals surface area contributed by atoms with Crippen LogP contribution in [0.5, 0.6) is 5.75 Å². The maximum atomic E-state index is 10.9. The summed E-state index contributed by atoms with van der Waals surface area (Å²) >= 11 is 5.59. The summed E-state index contributed by atoms with van der Waals surface area (Å²) in [6.07, 6.45) is 3.26. The van der Waals surface area contributed by atoms with Gasteiger partial charge in [-0.2, -0.15) is 0 Å². The Morgan fingerprint density at radius 2 is 2.16 bits per heavy atom. The van der Waals surface area contributed by atoms with Gasteiger partial charge in [0.15, 0.2) is 5.52 Å². The zero-order valence-electron chi connectivity index (χ0n) is 10.2. The number of unbranched alkanes of at least 4 members (excludes halogenated alkanes) is 1. The van der Waals surface area contributed by atoms with Crippen LogP contribution in [0.3, 0.4) is 0 Å². The number of aromatic nitrogens is 1. The molecule has 0 bridgehead atoms. The SMILES string of the molecule is O=[N+]([O-])c1ccc(OCCCCCl)c2cccnc12. The molecule has 0 fully saturated rings. The molecule has 100 valence electrons. The molecule has 0 aliphatic rings. The maximum Gasteiger partial charge on any atom is 0.295 e. The number of non-ortho nitro benzene ring substituents is 1. The third-order valence-corrected chi connectivity index (χ3v) is 2.96. The number of hydrogen-bond acceptors (Lipinski definition) is 4. The average molecular weight is 281 g/mol. The van der Waals surface area contributed by atoms with E-state index in [0.717, 1.165) is 12.8 Å². The summed E-state index contributed by atoms with van der Waals surface area (Å²) in [5.41, 5.74) is 0.339. The Labute approximate surface area is 115 Å². The van der Waals surface area contributed by atoms with Crippen LogP contribution in [0, 0.1) is 10.1 Å². The monoisotopic (exact) mass is 280 g/mol. The maximum absolute atomic E-state index is 10.9. The summed E-state index contributed by atoms with van der Waals surface area (Å²) < 4.78 is 5.63. The van der Waals surface area contributed by atoms with Gasteiger partial charge in [-0.1, -0.05) is 0 Å². The van der Waals surface area contributed by atoms with Crippen LogP contribution in [0.1, 0.15) is 12.8 Å². The molecule has 19 heavy (non-hydrogen) atoms. The van der Waals surface area contributed by atoms with E-state index in [4.69, 9.17) is 16.3 Å². The molecule has 1 aromatic carbocycles. The molecule has 0 aliphatic carbocycles. The number of nitrogens with zero attached hydrogens (tertiary/aromatic N) is 2. The minimum absolute atomic E-state index is 0.0105. The predicted octanol–water partition coefficient (Wildman–Crippen LogP) is 3.54. The van der Waals surface area contributed by atoms with E-state index in [1.165, 1.54) is 12.3 Å². The molecule has 5 nitrogen and oxygen atoms in total. The summed E-state index contributed by atoms with van der Waals surface area (Å²) in [6.45, 7) is 0.536. The van der Waals surface area contributed by atoms with Gasteiger partial charge in [-0.25, -0.2) is 4.98 Å². The lowest BCUT2D eigenvalue weighted by atomic mass is 10.1. The number of ether oxygens (including phenoxy) is 1. The molecule has 0 saturated carbocycles. The first-order chi connectivity index (χ1) is 9.24. The van der Waals surface area contributed by atoms with Crippen molar-refractivity contribution >= 4 is 28.2 Å². The van der Waals surface area contributed by atoms with Crippen LogP contribution in [-0.4, -0.2) is 22.4 Å². The van der Waals surface area contributed by atoms with Crippen LogP contribution in [0.4, 0.5) is 5.69 Å². The van der Waals surface area contributed by atoms with Crippen molar-refractivity contribution in [2.75, 3.05) is 12.5 Å². The minimum Gasteiger partial charge on any atom is -0.493 e. The van der Waals surface area contributed by atoms with Crippen LogP contribution in [0.2, 0.25) is 0 Å². The molecule has 0 amide bonds. The first-order valence-corrected chi connectivity index (χ1v) is 6.48. The highest BCUT2D eigenvalue weighted by atomic mass is 35.5. The van der Waals surface area contributed by atoms with Crippen molar-refractivity contribution in [2.24, 2.45) is 0 Å². The van der Waals surface area contributed by atoms with Crippen LogP contribution >= 0.6 is 11.6 Å². The predicted molar refractivity (Wildman–Crippen MR) is 73.8 cm³/mol. The molecule has 2 rings (SSSR count). The van der Waals surface area contributed by atoms with Crippen LogP contribution in [0.25, 0.3) is 10.9 Å². The van der Waals surface area contributed by atoms with Crippen molar-refractivity contribution in [3.63, 3.8) is 0 Å². The second-order valence-electron chi connectivity index (χ2n) is 3.98.